The van der Waals surface area contributed by atoms with Crippen molar-refractivity contribution in [3.8, 4) is 0 Å². The van der Waals surface area contributed by atoms with Crippen molar-refractivity contribution in [3.63, 3.8) is 0 Å². The Kier molecular flexibility index (Phi) is 6.62. The highest BCUT2D eigenvalue weighted by Gasteiger charge is 2.28. The van der Waals surface area contributed by atoms with E-state index in [4.69, 9.17) is 0 Å². The topological polar surface area (TPSA) is 32.3 Å². The van der Waals surface area contributed by atoms with E-state index < -0.39 is 0 Å². The smallest absolute Gasteiger partial charge is 0.230 e. The van der Waals surface area contributed by atoms with Crippen LogP contribution in [0.5, 0.6) is 0 Å². The molecule has 1 aliphatic heterocycles. The fraction of sp³-hybridized carbons (Fsp3) is 0.435. The number of aryl methyl sites for hydroxylation is 1. The molecule has 1 aliphatic rings. The standard InChI is InChI=1S/C23H29FN2O/c1-3-21(19-7-5-4-6-8-19)23(27)26-13-11-20(12-14-26)25-16-18-9-10-22(24)17(2)15-18/h4-10,15,20-21,25H,3,11-14,16H2,1-2H3. The Morgan fingerprint density at radius 2 is 1.89 bits per heavy atom. The monoisotopic (exact) mass is 368 g/mol. The number of nitrogens with one attached hydrogen (secondary N) is 1. The highest BCUT2D eigenvalue weighted by Crippen LogP contribution is 2.24. The minimum atomic E-state index is -0.158. The summed E-state index contributed by atoms with van der Waals surface area (Å²) in [6, 6.07) is 15.7. The largest absolute Gasteiger partial charge is 0.342 e. The van der Waals surface area contributed by atoms with Crippen molar-refractivity contribution >= 4 is 5.91 Å². The van der Waals surface area contributed by atoms with E-state index in [1.807, 2.05) is 47.4 Å². The minimum absolute atomic E-state index is 0.0436. The van der Waals surface area contributed by atoms with Gasteiger partial charge in [0.1, 0.15) is 5.82 Å². The molecule has 2 aromatic rings. The summed E-state index contributed by atoms with van der Waals surface area (Å²) < 4.78 is 13.4. The molecular weight excluding hydrogens is 339 g/mol. The van der Waals surface area contributed by atoms with Crippen LogP contribution in [-0.4, -0.2) is 29.9 Å². The summed E-state index contributed by atoms with van der Waals surface area (Å²) in [6.45, 7) is 6.19. The molecule has 2 aromatic carbocycles. The van der Waals surface area contributed by atoms with Crippen LogP contribution in [0, 0.1) is 12.7 Å². The fourth-order valence-corrected chi connectivity index (χ4v) is 3.84. The third-order valence-corrected chi connectivity index (χ3v) is 5.53. The number of nitrogens with zero attached hydrogens (tertiary/aromatic N) is 1. The molecule has 1 unspecified atom stereocenters. The first-order valence-corrected chi connectivity index (χ1v) is 9.90. The van der Waals surface area contributed by atoms with Crippen LogP contribution < -0.4 is 5.32 Å². The van der Waals surface area contributed by atoms with Gasteiger partial charge < -0.3 is 10.2 Å². The molecule has 0 spiro atoms. The zero-order valence-corrected chi connectivity index (χ0v) is 16.2. The van der Waals surface area contributed by atoms with Gasteiger partial charge in [0.15, 0.2) is 0 Å². The quantitative estimate of drug-likeness (QED) is 0.819. The maximum atomic E-state index is 13.4. The number of likely N-dealkylation sites (tertiary alicyclic amines) is 1. The maximum absolute atomic E-state index is 13.4. The first-order valence-electron chi connectivity index (χ1n) is 9.90. The molecule has 0 saturated carbocycles. The number of benzene rings is 2. The predicted molar refractivity (Wildman–Crippen MR) is 107 cm³/mol. The van der Waals surface area contributed by atoms with E-state index in [2.05, 4.69) is 12.2 Å². The molecule has 0 radical (unpaired) electrons. The van der Waals surface area contributed by atoms with Gasteiger partial charge in [-0.1, -0.05) is 49.4 Å². The molecular formula is C23H29FN2O. The zero-order valence-electron chi connectivity index (χ0n) is 16.2. The molecule has 1 N–H and O–H groups in total. The molecule has 1 amide bonds. The van der Waals surface area contributed by atoms with Crippen molar-refractivity contribution in [3.05, 3.63) is 71.0 Å². The average molecular weight is 368 g/mol. The third kappa shape index (κ3) is 4.95. The molecule has 0 bridgehead atoms. The summed E-state index contributed by atoms with van der Waals surface area (Å²) in [5, 5.41) is 3.56. The number of hydrogen-bond donors (Lipinski definition) is 1. The van der Waals surface area contributed by atoms with Gasteiger partial charge in [-0.25, -0.2) is 4.39 Å². The minimum Gasteiger partial charge on any atom is -0.342 e. The second-order valence-electron chi connectivity index (χ2n) is 7.44. The van der Waals surface area contributed by atoms with Crippen LogP contribution in [0.2, 0.25) is 0 Å². The van der Waals surface area contributed by atoms with Crippen molar-refractivity contribution in [1.82, 2.24) is 10.2 Å². The molecule has 0 aliphatic carbocycles. The number of piperidine rings is 1. The molecule has 1 fully saturated rings. The fourth-order valence-electron chi connectivity index (χ4n) is 3.84. The van der Waals surface area contributed by atoms with Gasteiger partial charge in [-0.15, -0.1) is 0 Å². The van der Waals surface area contributed by atoms with Gasteiger partial charge in [-0.3, -0.25) is 4.79 Å². The Morgan fingerprint density at radius 1 is 1.19 bits per heavy atom. The molecule has 1 atom stereocenters. The lowest BCUT2D eigenvalue weighted by Crippen LogP contribution is -2.46. The molecule has 3 nitrogen and oxygen atoms in total. The lowest BCUT2D eigenvalue weighted by molar-refractivity contribution is -0.134. The number of rotatable bonds is 6. The summed E-state index contributed by atoms with van der Waals surface area (Å²) >= 11 is 0. The van der Waals surface area contributed by atoms with Crippen LogP contribution in [0.15, 0.2) is 48.5 Å². The highest BCUT2D eigenvalue weighted by atomic mass is 19.1. The van der Waals surface area contributed by atoms with E-state index in [1.54, 1.807) is 6.92 Å². The van der Waals surface area contributed by atoms with Gasteiger partial charge in [0.25, 0.3) is 0 Å². The zero-order chi connectivity index (χ0) is 19.2. The summed E-state index contributed by atoms with van der Waals surface area (Å²) in [4.78, 5) is 15.0. The molecule has 144 valence electrons. The Bertz CT molecular complexity index is 754. The molecule has 1 saturated heterocycles. The Balaban J connectivity index is 1.50. The molecule has 1 heterocycles. The van der Waals surface area contributed by atoms with E-state index in [1.165, 1.54) is 6.07 Å². The van der Waals surface area contributed by atoms with Crippen LogP contribution in [0.25, 0.3) is 0 Å². The number of halogens is 1. The second-order valence-corrected chi connectivity index (χ2v) is 7.44. The second kappa shape index (κ2) is 9.14. The molecule has 4 heteroatoms. The van der Waals surface area contributed by atoms with Crippen molar-refractivity contribution in [2.75, 3.05) is 13.1 Å². The van der Waals surface area contributed by atoms with E-state index in [9.17, 15) is 9.18 Å². The SMILES string of the molecule is CCC(C(=O)N1CCC(NCc2ccc(F)c(C)c2)CC1)c1ccccc1. The van der Waals surface area contributed by atoms with Crippen molar-refractivity contribution in [1.29, 1.82) is 0 Å². The van der Waals surface area contributed by atoms with Gasteiger partial charge in [0.2, 0.25) is 5.91 Å². The Morgan fingerprint density at radius 3 is 2.52 bits per heavy atom. The van der Waals surface area contributed by atoms with Gasteiger partial charge in [-0.2, -0.15) is 0 Å². The normalized spacial score (nSPS) is 16.3. The van der Waals surface area contributed by atoms with Gasteiger partial charge in [-0.05, 0) is 48.9 Å². The van der Waals surface area contributed by atoms with E-state index in [0.717, 1.165) is 50.0 Å². The Hall–Kier alpha value is -2.20. The van der Waals surface area contributed by atoms with E-state index >= 15 is 0 Å². The summed E-state index contributed by atoms with van der Waals surface area (Å²) in [7, 11) is 0. The van der Waals surface area contributed by atoms with Gasteiger partial charge >= 0.3 is 0 Å². The van der Waals surface area contributed by atoms with Crippen molar-refractivity contribution < 1.29 is 9.18 Å². The summed E-state index contributed by atoms with van der Waals surface area (Å²) in [6.07, 6.45) is 2.74. The van der Waals surface area contributed by atoms with Crippen LogP contribution >= 0.6 is 0 Å². The lowest BCUT2D eigenvalue weighted by atomic mass is 9.93. The van der Waals surface area contributed by atoms with Crippen LogP contribution in [0.1, 0.15) is 48.8 Å². The van der Waals surface area contributed by atoms with Crippen molar-refractivity contribution in [2.24, 2.45) is 0 Å². The van der Waals surface area contributed by atoms with E-state index in [-0.39, 0.29) is 17.6 Å². The maximum Gasteiger partial charge on any atom is 0.230 e. The number of carbonyl (C=O) groups excluding carboxylic acids is 1. The molecule has 0 aromatic heterocycles. The van der Waals surface area contributed by atoms with Gasteiger partial charge in [0.05, 0.1) is 5.92 Å². The van der Waals surface area contributed by atoms with Crippen LogP contribution in [0.4, 0.5) is 4.39 Å². The number of carbonyl (C=O) groups is 1. The molecule has 3 rings (SSSR count). The summed E-state index contributed by atoms with van der Waals surface area (Å²) in [5.74, 6) is 0.0451. The first-order chi connectivity index (χ1) is 13.1. The predicted octanol–water partition coefficient (Wildman–Crippen LogP) is 4.41. The number of amides is 1. The average Bonchev–Trinajstić information content (AvgIpc) is 2.70. The van der Waals surface area contributed by atoms with Crippen LogP contribution in [0.3, 0.4) is 0 Å². The highest BCUT2D eigenvalue weighted by molar-refractivity contribution is 5.83. The molecule has 27 heavy (non-hydrogen) atoms. The van der Waals surface area contributed by atoms with E-state index in [0.29, 0.717) is 11.6 Å². The third-order valence-electron chi connectivity index (χ3n) is 5.53. The first kappa shape index (κ1) is 19.6. The lowest BCUT2D eigenvalue weighted by Gasteiger charge is -2.34. The Labute approximate surface area is 161 Å². The summed E-state index contributed by atoms with van der Waals surface area (Å²) in [5.41, 5.74) is 2.89. The van der Waals surface area contributed by atoms with Crippen LogP contribution in [-0.2, 0) is 11.3 Å². The van der Waals surface area contributed by atoms with Crippen molar-refractivity contribution in [2.45, 2.75) is 51.6 Å². The van der Waals surface area contributed by atoms with Gasteiger partial charge in [0, 0.05) is 25.7 Å². The number of hydrogen-bond acceptors (Lipinski definition) is 2.